The van der Waals surface area contributed by atoms with Crippen LogP contribution >= 0.6 is 0 Å². The van der Waals surface area contributed by atoms with Gasteiger partial charge in [-0.2, -0.15) is 0 Å². The molecule has 17 heavy (non-hydrogen) atoms. The Morgan fingerprint density at radius 2 is 2.12 bits per heavy atom. The Morgan fingerprint density at radius 3 is 2.65 bits per heavy atom. The zero-order chi connectivity index (χ0) is 12.8. The lowest BCUT2D eigenvalue weighted by atomic mass is 10.1. The molecule has 0 aromatic rings. The van der Waals surface area contributed by atoms with Crippen molar-refractivity contribution in [2.24, 2.45) is 11.8 Å². The zero-order valence-electron chi connectivity index (χ0n) is 11.2. The number of carbonyl (C=O) groups excluding carboxylic acids is 1. The molecule has 3 N–H and O–H groups in total. The summed E-state index contributed by atoms with van der Waals surface area (Å²) in [6, 6.07) is 0.156. The van der Waals surface area contributed by atoms with E-state index in [1.807, 2.05) is 0 Å². The van der Waals surface area contributed by atoms with Gasteiger partial charge in [0.2, 0.25) is 0 Å². The molecule has 2 amide bonds. The molecule has 0 radical (unpaired) electrons. The Kier molecular flexibility index (Phi) is 5.75. The lowest BCUT2D eigenvalue weighted by Crippen LogP contribution is -2.45. The number of hydrogen-bond acceptors (Lipinski definition) is 2. The van der Waals surface area contributed by atoms with E-state index in [1.54, 1.807) is 0 Å². The van der Waals surface area contributed by atoms with Crippen LogP contribution in [0.4, 0.5) is 4.79 Å². The molecule has 3 atom stereocenters. The monoisotopic (exact) mass is 242 g/mol. The highest BCUT2D eigenvalue weighted by atomic mass is 16.3. The van der Waals surface area contributed by atoms with Crippen LogP contribution in [0.5, 0.6) is 0 Å². The van der Waals surface area contributed by atoms with Gasteiger partial charge < -0.3 is 15.7 Å². The fourth-order valence-electron chi connectivity index (χ4n) is 2.42. The molecule has 0 saturated heterocycles. The van der Waals surface area contributed by atoms with E-state index in [9.17, 15) is 9.90 Å². The quantitative estimate of drug-likeness (QED) is 0.689. The first kappa shape index (κ1) is 14.3. The summed E-state index contributed by atoms with van der Waals surface area (Å²) in [5.74, 6) is 1.02. The first-order valence-electron chi connectivity index (χ1n) is 6.71. The number of amides is 2. The summed E-state index contributed by atoms with van der Waals surface area (Å²) in [6.07, 6.45) is 3.74. The van der Waals surface area contributed by atoms with Crippen LogP contribution in [0.3, 0.4) is 0 Å². The molecule has 1 saturated carbocycles. The van der Waals surface area contributed by atoms with Crippen LogP contribution < -0.4 is 10.6 Å². The van der Waals surface area contributed by atoms with E-state index in [4.69, 9.17) is 0 Å². The van der Waals surface area contributed by atoms with Gasteiger partial charge in [-0.3, -0.25) is 0 Å². The number of hydrogen-bond donors (Lipinski definition) is 3. The fourth-order valence-corrected chi connectivity index (χ4v) is 2.42. The summed E-state index contributed by atoms with van der Waals surface area (Å²) in [5, 5.41) is 15.4. The molecule has 0 spiro atoms. The average molecular weight is 242 g/mol. The van der Waals surface area contributed by atoms with Gasteiger partial charge >= 0.3 is 6.03 Å². The predicted molar refractivity (Wildman–Crippen MR) is 68.8 cm³/mol. The third-order valence-corrected chi connectivity index (χ3v) is 3.42. The standard InChI is InChI=1S/C13H26N2O2/c1-9(2)7-11(16)8-14-13(17)15-12-6-4-5-10(12)3/h9-12,16H,4-8H2,1-3H3,(H2,14,15,17). The Hall–Kier alpha value is -0.770. The average Bonchev–Trinajstić information content (AvgIpc) is 2.61. The van der Waals surface area contributed by atoms with Gasteiger partial charge in [0, 0.05) is 12.6 Å². The Morgan fingerprint density at radius 1 is 1.41 bits per heavy atom. The minimum atomic E-state index is -0.443. The predicted octanol–water partition coefficient (Wildman–Crippen LogP) is 1.88. The highest BCUT2D eigenvalue weighted by molar-refractivity contribution is 5.74. The second kappa shape index (κ2) is 6.84. The van der Waals surface area contributed by atoms with Crippen molar-refractivity contribution in [2.45, 2.75) is 58.6 Å². The summed E-state index contributed by atoms with van der Waals surface area (Å²) in [7, 11) is 0. The van der Waals surface area contributed by atoms with Crippen LogP contribution in [0.1, 0.15) is 46.5 Å². The van der Waals surface area contributed by atoms with Gasteiger partial charge in [-0.15, -0.1) is 0 Å². The number of aliphatic hydroxyl groups is 1. The molecule has 4 heteroatoms. The highest BCUT2D eigenvalue weighted by Crippen LogP contribution is 2.24. The summed E-state index contributed by atoms with van der Waals surface area (Å²) >= 11 is 0. The molecule has 1 aliphatic rings. The van der Waals surface area contributed by atoms with Crippen LogP contribution in [0.2, 0.25) is 0 Å². The second-order valence-electron chi connectivity index (χ2n) is 5.65. The molecule has 0 bridgehead atoms. The third-order valence-electron chi connectivity index (χ3n) is 3.42. The van der Waals surface area contributed by atoms with E-state index in [2.05, 4.69) is 31.4 Å². The number of nitrogens with one attached hydrogen (secondary N) is 2. The fraction of sp³-hybridized carbons (Fsp3) is 0.923. The van der Waals surface area contributed by atoms with Crippen molar-refractivity contribution in [3.05, 3.63) is 0 Å². The third kappa shape index (κ3) is 5.39. The van der Waals surface area contributed by atoms with E-state index in [1.165, 1.54) is 12.8 Å². The molecule has 4 nitrogen and oxygen atoms in total. The van der Waals surface area contributed by atoms with Gasteiger partial charge in [0.15, 0.2) is 0 Å². The molecule has 0 aromatic heterocycles. The maximum atomic E-state index is 11.6. The van der Waals surface area contributed by atoms with Crippen molar-refractivity contribution in [1.82, 2.24) is 10.6 Å². The van der Waals surface area contributed by atoms with Gasteiger partial charge in [-0.25, -0.2) is 4.79 Å². The number of rotatable bonds is 5. The van der Waals surface area contributed by atoms with E-state index in [0.717, 1.165) is 12.8 Å². The molecule has 1 rings (SSSR count). The van der Waals surface area contributed by atoms with Gasteiger partial charge in [0.1, 0.15) is 0 Å². The number of aliphatic hydroxyl groups excluding tert-OH is 1. The van der Waals surface area contributed by atoms with Gasteiger partial charge in [0.05, 0.1) is 6.10 Å². The van der Waals surface area contributed by atoms with Gasteiger partial charge in [0.25, 0.3) is 0 Å². The largest absolute Gasteiger partial charge is 0.391 e. The van der Waals surface area contributed by atoms with Gasteiger partial charge in [-0.05, 0) is 31.1 Å². The zero-order valence-corrected chi connectivity index (χ0v) is 11.2. The van der Waals surface area contributed by atoms with E-state index in [-0.39, 0.29) is 6.03 Å². The van der Waals surface area contributed by atoms with Crippen molar-refractivity contribution >= 4 is 6.03 Å². The molecule has 0 heterocycles. The minimum absolute atomic E-state index is 0.147. The number of urea groups is 1. The van der Waals surface area contributed by atoms with E-state index >= 15 is 0 Å². The Balaban J connectivity index is 2.16. The Bertz CT molecular complexity index is 244. The van der Waals surface area contributed by atoms with Crippen LogP contribution in [-0.4, -0.2) is 29.8 Å². The van der Waals surface area contributed by atoms with Crippen molar-refractivity contribution in [1.29, 1.82) is 0 Å². The summed E-state index contributed by atoms with van der Waals surface area (Å²) in [6.45, 7) is 6.63. The molecule has 0 aromatic carbocycles. The van der Waals surface area contributed by atoms with Crippen molar-refractivity contribution in [3.63, 3.8) is 0 Å². The van der Waals surface area contributed by atoms with E-state index < -0.39 is 6.10 Å². The maximum absolute atomic E-state index is 11.6. The van der Waals surface area contributed by atoms with Crippen molar-refractivity contribution in [3.8, 4) is 0 Å². The van der Waals surface area contributed by atoms with Crippen molar-refractivity contribution in [2.75, 3.05) is 6.54 Å². The molecule has 3 unspecified atom stereocenters. The maximum Gasteiger partial charge on any atom is 0.315 e. The molecule has 100 valence electrons. The van der Waals surface area contributed by atoms with Crippen LogP contribution in [0, 0.1) is 11.8 Å². The van der Waals surface area contributed by atoms with Gasteiger partial charge in [-0.1, -0.05) is 27.2 Å². The van der Waals surface area contributed by atoms with Crippen LogP contribution in [0.15, 0.2) is 0 Å². The summed E-state index contributed by atoms with van der Waals surface area (Å²) in [4.78, 5) is 11.6. The SMILES string of the molecule is CC(C)CC(O)CNC(=O)NC1CCCC1C. The molecule has 0 aliphatic heterocycles. The first-order chi connectivity index (χ1) is 7.99. The summed E-state index contributed by atoms with van der Waals surface area (Å²) in [5.41, 5.74) is 0. The molecular weight excluding hydrogens is 216 g/mol. The lowest BCUT2D eigenvalue weighted by Gasteiger charge is -2.19. The molecule has 1 aliphatic carbocycles. The van der Waals surface area contributed by atoms with Crippen molar-refractivity contribution < 1.29 is 9.90 Å². The van der Waals surface area contributed by atoms with Crippen LogP contribution in [-0.2, 0) is 0 Å². The van der Waals surface area contributed by atoms with Crippen LogP contribution in [0.25, 0.3) is 0 Å². The first-order valence-corrected chi connectivity index (χ1v) is 6.71. The summed E-state index contributed by atoms with van der Waals surface area (Å²) < 4.78 is 0. The normalized spacial score (nSPS) is 25.9. The topological polar surface area (TPSA) is 61.4 Å². The molecular formula is C13H26N2O2. The smallest absolute Gasteiger partial charge is 0.315 e. The highest BCUT2D eigenvalue weighted by Gasteiger charge is 2.24. The molecule has 1 fully saturated rings. The number of carbonyl (C=O) groups is 1. The second-order valence-corrected chi connectivity index (χ2v) is 5.65. The minimum Gasteiger partial charge on any atom is -0.391 e. The lowest BCUT2D eigenvalue weighted by molar-refractivity contribution is 0.146. The van der Waals surface area contributed by atoms with E-state index in [0.29, 0.717) is 24.4 Å². The Labute approximate surface area is 104 Å².